The summed E-state index contributed by atoms with van der Waals surface area (Å²) in [6.45, 7) is 5.41. The lowest BCUT2D eigenvalue weighted by molar-refractivity contribution is -0.115. The van der Waals surface area contributed by atoms with Gasteiger partial charge in [0, 0.05) is 23.4 Å². The van der Waals surface area contributed by atoms with E-state index in [4.69, 9.17) is 0 Å². The second kappa shape index (κ2) is 9.65. The van der Waals surface area contributed by atoms with Gasteiger partial charge in [-0.25, -0.2) is 8.42 Å². The number of sulfonamides is 1. The lowest BCUT2D eigenvalue weighted by atomic mass is 10.1. The van der Waals surface area contributed by atoms with E-state index in [9.17, 15) is 18.0 Å². The fourth-order valence-corrected chi connectivity index (χ4v) is 4.09. The molecule has 7 nitrogen and oxygen atoms in total. The number of hydrogen-bond acceptors (Lipinski definition) is 4. The van der Waals surface area contributed by atoms with Crippen LogP contribution in [-0.2, 0) is 14.8 Å². The Balaban J connectivity index is 1.75. The van der Waals surface area contributed by atoms with E-state index in [1.165, 1.54) is 24.3 Å². The maximum Gasteiger partial charge on any atom is 0.261 e. The zero-order valence-electron chi connectivity index (χ0n) is 18.1. The molecule has 0 fully saturated rings. The maximum absolute atomic E-state index is 12.7. The van der Waals surface area contributed by atoms with Crippen LogP contribution in [0.1, 0.15) is 34.8 Å². The maximum atomic E-state index is 12.7. The summed E-state index contributed by atoms with van der Waals surface area (Å²) in [5, 5.41) is 5.56. The molecule has 32 heavy (non-hydrogen) atoms. The van der Waals surface area contributed by atoms with E-state index in [2.05, 4.69) is 15.4 Å². The van der Waals surface area contributed by atoms with Gasteiger partial charge < -0.3 is 10.6 Å². The average molecular weight is 452 g/mol. The average Bonchev–Trinajstić information content (AvgIpc) is 2.77. The van der Waals surface area contributed by atoms with Crippen molar-refractivity contribution >= 4 is 38.9 Å². The molecule has 0 bridgehead atoms. The van der Waals surface area contributed by atoms with Crippen LogP contribution in [0.3, 0.4) is 0 Å². The number of benzene rings is 3. The van der Waals surface area contributed by atoms with Crippen molar-refractivity contribution in [2.75, 3.05) is 15.4 Å². The minimum absolute atomic E-state index is 0.0535. The highest BCUT2D eigenvalue weighted by molar-refractivity contribution is 7.92. The lowest BCUT2D eigenvalue weighted by Gasteiger charge is -2.12. The summed E-state index contributed by atoms with van der Waals surface area (Å²) in [4.78, 5) is 24.4. The van der Waals surface area contributed by atoms with Crippen LogP contribution < -0.4 is 15.4 Å². The van der Waals surface area contributed by atoms with Crippen LogP contribution in [0.5, 0.6) is 0 Å². The Labute approximate surface area is 187 Å². The Morgan fingerprint density at radius 1 is 0.812 bits per heavy atom. The number of carbonyl (C=O) groups is 2. The van der Waals surface area contributed by atoms with E-state index < -0.39 is 10.0 Å². The SMILES string of the molecule is CCC(=O)Nc1ccc(C)c(NC(=O)c2ccc(S(=O)(=O)Nc3ccccc3C)cc2)c1. The van der Waals surface area contributed by atoms with Crippen molar-refractivity contribution in [3.8, 4) is 0 Å². The Morgan fingerprint density at radius 2 is 1.47 bits per heavy atom. The molecule has 0 atom stereocenters. The van der Waals surface area contributed by atoms with Crippen molar-refractivity contribution in [1.82, 2.24) is 0 Å². The number of anilines is 3. The van der Waals surface area contributed by atoms with Crippen LogP contribution in [-0.4, -0.2) is 20.2 Å². The topological polar surface area (TPSA) is 104 Å². The van der Waals surface area contributed by atoms with Crippen LogP contribution in [0.15, 0.2) is 71.6 Å². The van der Waals surface area contributed by atoms with Crippen molar-refractivity contribution in [2.24, 2.45) is 0 Å². The molecule has 3 aromatic carbocycles. The van der Waals surface area contributed by atoms with Crippen molar-refractivity contribution < 1.29 is 18.0 Å². The van der Waals surface area contributed by atoms with Gasteiger partial charge in [-0.15, -0.1) is 0 Å². The highest BCUT2D eigenvalue weighted by Crippen LogP contribution is 2.23. The highest BCUT2D eigenvalue weighted by atomic mass is 32.2. The largest absolute Gasteiger partial charge is 0.326 e. The summed E-state index contributed by atoms with van der Waals surface area (Å²) < 4.78 is 27.9. The third kappa shape index (κ3) is 5.53. The minimum Gasteiger partial charge on any atom is -0.326 e. The predicted octanol–water partition coefficient (Wildman–Crippen LogP) is 4.71. The van der Waals surface area contributed by atoms with E-state index >= 15 is 0 Å². The van der Waals surface area contributed by atoms with Crippen LogP contribution in [0.25, 0.3) is 0 Å². The van der Waals surface area contributed by atoms with E-state index in [1.807, 2.05) is 26.0 Å². The highest BCUT2D eigenvalue weighted by Gasteiger charge is 2.16. The van der Waals surface area contributed by atoms with Gasteiger partial charge in [-0.05, 0) is 67.4 Å². The summed E-state index contributed by atoms with van der Waals surface area (Å²) >= 11 is 0. The summed E-state index contributed by atoms with van der Waals surface area (Å²) in [7, 11) is -3.79. The van der Waals surface area contributed by atoms with Crippen LogP contribution in [0, 0.1) is 13.8 Å². The number of amides is 2. The number of hydrogen-bond donors (Lipinski definition) is 3. The molecule has 0 saturated heterocycles. The van der Waals surface area contributed by atoms with Gasteiger partial charge in [-0.1, -0.05) is 31.2 Å². The van der Waals surface area contributed by atoms with Crippen molar-refractivity contribution in [2.45, 2.75) is 32.1 Å². The van der Waals surface area contributed by atoms with E-state index in [0.717, 1.165) is 11.1 Å². The molecule has 0 aliphatic rings. The number of carbonyl (C=O) groups excluding carboxylic acids is 2. The molecular weight excluding hydrogens is 426 g/mol. The summed E-state index contributed by atoms with van der Waals surface area (Å²) in [5.74, 6) is -0.509. The second-order valence-corrected chi connectivity index (χ2v) is 9.01. The van der Waals surface area contributed by atoms with Crippen LogP contribution in [0.4, 0.5) is 17.1 Å². The van der Waals surface area contributed by atoms with Crippen molar-refractivity contribution in [3.05, 3.63) is 83.4 Å². The monoisotopic (exact) mass is 451 g/mol. The van der Waals surface area contributed by atoms with Crippen molar-refractivity contribution in [1.29, 1.82) is 0 Å². The molecule has 0 saturated carbocycles. The molecule has 8 heteroatoms. The van der Waals surface area contributed by atoms with Gasteiger partial charge in [0.1, 0.15) is 0 Å². The number of aryl methyl sites for hydroxylation is 2. The van der Waals surface area contributed by atoms with E-state index in [-0.39, 0.29) is 16.7 Å². The Hall–Kier alpha value is -3.65. The first kappa shape index (κ1) is 23.0. The Kier molecular flexibility index (Phi) is 6.95. The van der Waals surface area contributed by atoms with Gasteiger partial charge >= 0.3 is 0 Å². The first-order valence-electron chi connectivity index (χ1n) is 10.1. The van der Waals surface area contributed by atoms with E-state index in [1.54, 1.807) is 37.3 Å². The van der Waals surface area contributed by atoms with Gasteiger partial charge in [-0.3, -0.25) is 14.3 Å². The second-order valence-electron chi connectivity index (χ2n) is 7.33. The number of nitrogens with one attached hydrogen (secondary N) is 3. The summed E-state index contributed by atoms with van der Waals surface area (Å²) in [5.41, 5.74) is 3.58. The zero-order chi connectivity index (χ0) is 23.3. The molecule has 3 aromatic rings. The molecule has 0 unspecified atom stereocenters. The fourth-order valence-electron chi connectivity index (χ4n) is 2.95. The van der Waals surface area contributed by atoms with Crippen LogP contribution in [0.2, 0.25) is 0 Å². The molecular formula is C24H25N3O4S. The molecule has 3 N–H and O–H groups in total. The number of para-hydroxylation sites is 1. The Bertz CT molecular complexity index is 1250. The van der Waals surface area contributed by atoms with Crippen LogP contribution >= 0.6 is 0 Å². The molecule has 0 aliphatic carbocycles. The molecule has 0 aliphatic heterocycles. The first-order valence-corrected chi connectivity index (χ1v) is 11.6. The molecule has 2 amide bonds. The quantitative estimate of drug-likeness (QED) is 0.484. The molecule has 0 spiro atoms. The Morgan fingerprint density at radius 3 is 2.12 bits per heavy atom. The van der Waals surface area contributed by atoms with Crippen molar-refractivity contribution in [3.63, 3.8) is 0 Å². The summed E-state index contributed by atoms with van der Waals surface area (Å²) in [6.07, 6.45) is 0.351. The molecule has 166 valence electrons. The fraction of sp³-hybridized carbons (Fsp3) is 0.167. The predicted molar refractivity (Wildman–Crippen MR) is 126 cm³/mol. The minimum atomic E-state index is -3.79. The standard InChI is InChI=1S/C24H25N3O4S/c1-4-23(28)25-19-12-9-17(3)22(15-19)26-24(29)18-10-13-20(14-11-18)32(30,31)27-21-8-6-5-7-16(21)2/h5-15,27H,4H2,1-3H3,(H,25,28)(H,26,29). The molecule has 0 radical (unpaired) electrons. The third-order valence-corrected chi connectivity index (χ3v) is 6.29. The van der Waals surface area contributed by atoms with Gasteiger partial charge in [0.2, 0.25) is 5.91 Å². The first-order chi connectivity index (χ1) is 15.2. The van der Waals surface area contributed by atoms with Gasteiger partial charge in [0.25, 0.3) is 15.9 Å². The van der Waals surface area contributed by atoms with Gasteiger partial charge in [0.05, 0.1) is 10.6 Å². The molecule has 0 aromatic heterocycles. The zero-order valence-corrected chi connectivity index (χ0v) is 18.9. The number of rotatable bonds is 7. The lowest BCUT2D eigenvalue weighted by Crippen LogP contribution is -2.16. The smallest absolute Gasteiger partial charge is 0.261 e. The third-order valence-electron chi connectivity index (χ3n) is 4.91. The molecule has 3 rings (SSSR count). The molecule has 0 heterocycles. The van der Waals surface area contributed by atoms with Gasteiger partial charge in [0.15, 0.2) is 0 Å². The summed E-state index contributed by atoms with van der Waals surface area (Å²) in [6, 6.07) is 18.0. The van der Waals surface area contributed by atoms with E-state index in [0.29, 0.717) is 29.0 Å². The van der Waals surface area contributed by atoms with Gasteiger partial charge in [-0.2, -0.15) is 0 Å². The normalized spacial score (nSPS) is 11.0.